The van der Waals surface area contributed by atoms with Crippen LogP contribution in [0, 0.1) is 13.8 Å². The van der Waals surface area contributed by atoms with Crippen molar-refractivity contribution in [1.29, 1.82) is 0 Å². The molecular weight excluding hydrogens is 250 g/mol. The lowest BCUT2D eigenvalue weighted by atomic mass is 10.1. The van der Waals surface area contributed by atoms with Crippen LogP contribution in [0.4, 0.5) is 0 Å². The second-order valence-corrected chi connectivity index (χ2v) is 6.03. The number of nitrogens with zero attached hydrogens (tertiary/aromatic N) is 3. The highest BCUT2D eigenvalue weighted by Crippen LogP contribution is 2.39. The molecule has 5 heteroatoms. The van der Waals surface area contributed by atoms with Crippen LogP contribution in [0.25, 0.3) is 0 Å². The second kappa shape index (κ2) is 5.05. The third-order valence-electron chi connectivity index (χ3n) is 4.33. The number of rotatable bonds is 5. The zero-order valence-electron chi connectivity index (χ0n) is 12.7. The molecule has 0 saturated heterocycles. The maximum absolute atomic E-state index is 4.42. The van der Waals surface area contributed by atoms with Gasteiger partial charge in [-0.25, -0.2) is 0 Å². The van der Waals surface area contributed by atoms with Crippen molar-refractivity contribution < 1.29 is 0 Å². The first kappa shape index (κ1) is 13.4. The van der Waals surface area contributed by atoms with E-state index < -0.39 is 0 Å². The van der Waals surface area contributed by atoms with E-state index in [4.69, 9.17) is 0 Å². The standard InChI is InChI=1S/C15H23N5/c1-9-15(10(2)17-16-9)11(3)20(4)8-13-7-14(19-18-13)12-5-6-12/h7,11-12H,5-6,8H2,1-4H3,(H,16,17)(H,18,19)/t11-/m0/s1. The van der Waals surface area contributed by atoms with Crippen LogP contribution in [0.15, 0.2) is 6.07 Å². The average molecular weight is 273 g/mol. The van der Waals surface area contributed by atoms with Crippen LogP contribution in [0.2, 0.25) is 0 Å². The van der Waals surface area contributed by atoms with Crippen molar-refractivity contribution in [2.45, 2.75) is 52.1 Å². The van der Waals surface area contributed by atoms with Gasteiger partial charge in [-0.1, -0.05) is 0 Å². The molecule has 0 aliphatic heterocycles. The molecule has 0 spiro atoms. The maximum Gasteiger partial charge on any atom is 0.0656 e. The van der Waals surface area contributed by atoms with E-state index in [1.807, 2.05) is 0 Å². The SMILES string of the molecule is Cc1n[nH]c(C)c1[C@H](C)N(C)Cc1cc(C2CC2)n[nH]1. The van der Waals surface area contributed by atoms with E-state index in [-0.39, 0.29) is 0 Å². The van der Waals surface area contributed by atoms with Crippen molar-refractivity contribution in [3.8, 4) is 0 Å². The molecular formula is C15H23N5. The smallest absolute Gasteiger partial charge is 0.0656 e. The summed E-state index contributed by atoms with van der Waals surface area (Å²) in [6, 6.07) is 2.55. The first-order valence-electron chi connectivity index (χ1n) is 7.32. The third kappa shape index (κ3) is 2.50. The normalized spacial score (nSPS) is 16.9. The van der Waals surface area contributed by atoms with Gasteiger partial charge in [0.2, 0.25) is 0 Å². The fourth-order valence-electron chi connectivity index (χ4n) is 2.85. The van der Waals surface area contributed by atoms with Crippen LogP contribution in [0.1, 0.15) is 60.1 Å². The summed E-state index contributed by atoms with van der Waals surface area (Å²) in [5.41, 5.74) is 5.97. The Morgan fingerprint density at radius 2 is 2.05 bits per heavy atom. The number of nitrogens with one attached hydrogen (secondary N) is 2. The Bertz CT molecular complexity index is 574. The topological polar surface area (TPSA) is 60.6 Å². The van der Waals surface area contributed by atoms with Gasteiger partial charge in [-0.05, 0) is 46.7 Å². The molecule has 1 aliphatic carbocycles. The number of aryl methyl sites for hydroxylation is 2. The minimum Gasteiger partial charge on any atom is -0.294 e. The molecule has 1 aliphatic rings. The van der Waals surface area contributed by atoms with Crippen LogP contribution >= 0.6 is 0 Å². The van der Waals surface area contributed by atoms with E-state index in [0.717, 1.165) is 17.9 Å². The monoisotopic (exact) mass is 273 g/mol. The molecule has 2 N–H and O–H groups in total. The minimum absolute atomic E-state index is 0.335. The van der Waals surface area contributed by atoms with E-state index >= 15 is 0 Å². The third-order valence-corrected chi connectivity index (χ3v) is 4.33. The summed E-state index contributed by atoms with van der Waals surface area (Å²) in [5, 5.41) is 14.9. The van der Waals surface area contributed by atoms with E-state index in [0.29, 0.717) is 12.0 Å². The summed E-state index contributed by atoms with van der Waals surface area (Å²) >= 11 is 0. The zero-order valence-corrected chi connectivity index (χ0v) is 12.7. The molecule has 0 amide bonds. The van der Waals surface area contributed by atoms with Crippen LogP contribution < -0.4 is 0 Å². The fourth-order valence-corrected chi connectivity index (χ4v) is 2.85. The van der Waals surface area contributed by atoms with Crippen molar-refractivity contribution in [3.05, 3.63) is 34.4 Å². The van der Waals surface area contributed by atoms with Crippen LogP contribution in [-0.2, 0) is 6.54 Å². The lowest BCUT2D eigenvalue weighted by Crippen LogP contribution is -2.23. The molecule has 108 valence electrons. The van der Waals surface area contributed by atoms with Gasteiger partial charge in [-0.15, -0.1) is 0 Å². The van der Waals surface area contributed by atoms with Gasteiger partial charge >= 0.3 is 0 Å². The number of aromatic nitrogens is 4. The van der Waals surface area contributed by atoms with Gasteiger partial charge in [0.25, 0.3) is 0 Å². The first-order valence-corrected chi connectivity index (χ1v) is 7.32. The average Bonchev–Trinajstić information content (AvgIpc) is 3.08. The van der Waals surface area contributed by atoms with E-state index in [1.54, 1.807) is 0 Å². The molecule has 1 atom stereocenters. The number of aromatic amines is 2. The molecule has 20 heavy (non-hydrogen) atoms. The minimum atomic E-state index is 0.335. The second-order valence-electron chi connectivity index (χ2n) is 6.03. The summed E-state index contributed by atoms with van der Waals surface area (Å²) in [6.45, 7) is 7.25. The van der Waals surface area contributed by atoms with E-state index in [1.165, 1.54) is 29.8 Å². The molecule has 0 aromatic carbocycles. The lowest BCUT2D eigenvalue weighted by Gasteiger charge is -2.24. The summed E-state index contributed by atoms with van der Waals surface area (Å²) in [7, 11) is 2.15. The first-order chi connectivity index (χ1) is 9.56. The van der Waals surface area contributed by atoms with E-state index in [2.05, 4.69) is 59.2 Å². The van der Waals surface area contributed by atoms with E-state index in [9.17, 15) is 0 Å². The van der Waals surface area contributed by atoms with Crippen LogP contribution in [0.3, 0.4) is 0 Å². The summed E-state index contributed by atoms with van der Waals surface area (Å²) in [5.74, 6) is 0.709. The van der Waals surface area contributed by atoms with Crippen LogP contribution in [-0.4, -0.2) is 32.3 Å². The largest absolute Gasteiger partial charge is 0.294 e. The van der Waals surface area contributed by atoms with Gasteiger partial charge in [0, 0.05) is 35.5 Å². The number of hydrogen-bond donors (Lipinski definition) is 2. The van der Waals surface area contributed by atoms with Crippen molar-refractivity contribution in [2.24, 2.45) is 0 Å². The van der Waals surface area contributed by atoms with Gasteiger partial charge in [0.1, 0.15) is 0 Å². The van der Waals surface area contributed by atoms with Gasteiger partial charge in [-0.3, -0.25) is 15.1 Å². The summed E-state index contributed by atoms with van der Waals surface area (Å²) in [4.78, 5) is 2.33. The Hall–Kier alpha value is -1.62. The molecule has 0 radical (unpaired) electrons. The quantitative estimate of drug-likeness (QED) is 0.880. The Morgan fingerprint density at radius 1 is 1.30 bits per heavy atom. The Morgan fingerprint density at radius 3 is 2.65 bits per heavy atom. The fraction of sp³-hybridized carbons (Fsp3) is 0.600. The van der Waals surface area contributed by atoms with Gasteiger partial charge in [-0.2, -0.15) is 10.2 Å². The molecule has 2 aromatic heterocycles. The van der Waals surface area contributed by atoms with Gasteiger partial charge in [0.15, 0.2) is 0 Å². The Labute approximate surface area is 119 Å². The number of H-pyrrole nitrogens is 2. The summed E-state index contributed by atoms with van der Waals surface area (Å²) < 4.78 is 0. The molecule has 2 aromatic rings. The predicted octanol–water partition coefficient (Wildman–Crippen LogP) is 2.82. The molecule has 5 nitrogen and oxygen atoms in total. The van der Waals surface area contributed by atoms with Gasteiger partial charge < -0.3 is 0 Å². The molecule has 0 bridgehead atoms. The molecule has 3 rings (SSSR count). The maximum atomic E-state index is 4.42. The number of hydrogen-bond acceptors (Lipinski definition) is 3. The zero-order chi connectivity index (χ0) is 14.3. The molecule has 1 saturated carbocycles. The lowest BCUT2D eigenvalue weighted by molar-refractivity contribution is 0.248. The predicted molar refractivity (Wildman–Crippen MR) is 78.5 cm³/mol. The highest BCUT2D eigenvalue weighted by molar-refractivity contribution is 5.27. The molecule has 2 heterocycles. The highest BCUT2D eigenvalue weighted by atomic mass is 15.2. The highest BCUT2D eigenvalue weighted by Gasteiger charge is 2.26. The van der Waals surface area contributed by atoms with Crippen molar-refractivity contribution in [1.82, 2.24) is 25.3 Å². The Kier molecular flexibility index (Phi) is 3.38. The molecule has 0 unspecified atom stereocenters. The van der Waals surface area contributed by atoms with Crippen molar-refractivity contribution in [2.75, 3.05) is 7.05 Å². The Balaban J connectivity index is 1.70. The van der Waals surface area contributed by atoms with Crippen LogP contribution in [0.5, 0.6) is 0 Å². The van der Waals surface area contributed by atoms with Gasteiger partial charge in [0.05, 0.1) is 11.4 Å². The summed E-state index contributed by atoms with van der Waals surface area (Å²) in [6.07, 6.45) is 2.59. The van der Waals surface area contributed by atoms with Crippen molar-refractivity contribution >= 4 is 0 Å². The van der Waals surface area contributed by atoms with Crippen molar-refractivity contribution in [3.63, 3.8) is 0 Å². The molecule has 1 fully saturated rings.